The zero-order chi connectivity index (χ0) is 21.3. The van der Waals surface area contributed by atoms with Crippen molar-refractivity contribution in [2.45, 2.75) is 33.1 Å². The van der Waals surface area contributed by atoms with Gasteiger partial charge in [-0.15, -0.1) is 0 Å². The fourth-order valence-electron chi connectivity index (χ4n) is 3.28. The van der Waals surface area contributed by atoms with Gasteiger partial charge in [-0.25, -0.2) is 4.98 Å². The summed E-state index contributed by atoms with van der Waals surface area (Å²) in [6, 6.07) is 18.9. The van der Waals surface area contributed by atoms with Gasteiger partial charge in [0.05, 0.1) is 0 Å². The molecule has 3 aromatic carbocycles. The van der Waals surface area contributed by atoms with Gasteiger partial charge in [-0.3, -0.25) is 4.79 Å². The smallest absolute Gasteiger partial charge is 0.255 e. The van der Waals surface area contributed by atoms with Gasteiger partial charge in [0.25, 0.3) is 5.91 Å². The Morgan fingerprint density at radius 1 is 1.13 bits per heavy atom. The van der Waals surface area contributed by atoms with Crippen LogP contribution in [0, 0.1) is 6.92 Å². The van der Waals surface area contributed by atoms with Gasteiger partial charge in [0.2, 0.25) is 5.89 Å². The standard InChI is InChI=1S/C25H23ClN2O2/c1-4-15(2)17-10-11-23-22(14-17)28-25(30-23)19-6-5-7-20(12-19)27-24(29)18-9-8-16(3)21(26)13-18/h5-15H,4H2,1-3H3,(H,27,29)/t15-/m1/s1. The molecule has 0 unspecified atom stereocenters. The Balaban J connectivity index is 1.59. The highest BCUT2D eigenvalue weighted by Crippen LogP contribution is 2.29. The van der Waals surface area contributed by atoms with E-state index in [0.29, 0.717) is 28.1 Å². The molecule has 4 nitrogen and oxygen atoms in total. The molecule has 0 aliphatic heterocycles. The summed E-state index contributed by atoms with van der Waals surface area (Å²) in [4.78, 5) is 17.3. The molecule has 5 heteroatoms. The van der Waals surface area contributed by atoms with Crippen molar-refractivity contribution in [2.75, 3.05) is 5.32 Å². The number of halogens is 1. The summed E-state index contributed by atoms with van der Waals surface area (Å²) in [5.41, 5.74) is 5.75. The Labute approximate surface area is 180 Å². The van der Waals surface area contributed by atoms with Crippen LogP contribution in [0.1, 0.15) is 47.7 Å². The molecular weight excluding hydrogens is 396 g/mol. The fraction of sp³-hybridized carbons (Fsp3) is 0.200. The van der Waals surface area contributed by atoms with Gasteiger partial charge < -0.3 is 9.73 Å². The number of rotatable bonds is 5. The monoisotopic (exact) mass is 418 g/mol. The van der Waals surface area contributed by atoms with E-state index in [0.717, 1.165) is 28.6 Å². The highest BCUT2D eigenvalue weighted by molar-refractivity contribution is 6.31. The van der Waals surface area contributed by atoms with E-state index < -0.39 is 0 Å². The van der Waals surface area contributed by atoms with Crippen LogP contribution in [0.5, 0.6) is 0 Å². The number of amides is 1. The SMILES string of the molecule is CC[C@@H](C)c1ccc2oc(-c3cccc(NC(=O)c4ccc(C)c(Cl)c4)c3)nc2c1. The second-order valence-electron chi connectivity index (χ2n) is 7.55. The zero-order valence-corrected chi connectivity index (χ0v) is 18.0. The quantitative estimate of drug-likeness (QED) is 0.372. The van der Waals surface area contributed by atoms with E-state index in [2.05, 4.69) is 36.3 Å². The van der Waals surface area contributed by atoms with Crippen LogP contribution in [0.2, 0.25) is 5.02 Å². The lowest BCUT2D eigenvalue weighted by molar-refractivity contribution is 0.102. The Hall–Kier alpha value is -3.11. The van der Waals surface area contributed by atoms with Crippen molar-refractivity contribution in [3.8, 4) is 11.5 Å². The minimum atomic E-state index is -0.218. The first-order valence-electron chi connectivity index (χ1n) is 10.0. The molecule has 0 bridgehead atoms. The minimum Gasteiger partial charge on any atom is -0.436 e. The van der Waals surface area contributed by atoms with Crippen LogP contribution in [0.15, 0.2) is 65.1 Å². The summed E-state index contributed by atoms with van der Waals surface area (Å²) in [6.07, 6.45) is 1.07. The number of benzene rings is 3. The van der Waals surface area contributed by atoms with Crippen LogP contribution in [0.3, 0.4) is 0 Å². The Kier molecular flexibility index (Phi) is 5.60. The van der Waals surface area contributed by atoms with E-state index in [4.69, 9.17) is 16.0 Å². The third-order valence-corrected chi connectivity index (χ3v) is 5.80. The highest BCUT2D eigenvalue weighted by Gasteiger charge is 2.13. The van der Waals surface area contributed by atoms with Crippen LogP contribution >= 0.6 is 11.6 Å². The van der Waals surface area contributed by atoms with Crippen molar-refractivity contribution in [2.24, 2.45) is 0 Å². The zero-order valence-electron chi connectivity index (χ0n) is 17.2. The van der Waals surface area contributed by atoms with Crippen LogP contribution in [-0.2, 0) is 0 Å². The predicted molar refractivity (Wildman–Crippen MR) is 122 cm³/mol. The first kappa shape index (κ1) is 20.2. The number of anilines is 1. The van der Waals surface area contributed by atoms with Gasteiger partial charge in [0.15, 0.2) is 5.58 Å². The third kappa shape index (κ3) is 4.10. The number of carbonyl (C=O) groups excluding carboxylic acids is 1. The van der Waals surface area contributed by atoms with Crippen molar-refractivity contribution < 1.29 is 9.21 Å². The number of fused-ring (bicyclic) bond motifs is 1. The summed E-state index contributed by atoms with van der Waals surface area (Å²) >= 11 is 6.14. The molecule has 1 atom stereocenters. The largest absolute Gasteiger partial charge is 0.436 e. The number of hydrogen-bond acceptors (Lipinski definition) is 3. The summed E-state index contributed by atoms with van der Waals surface area (Å²) in [7, 11) is 0. The molecule has 0 spiro atoms. The summed E-state index contributed by atoms with van der Waals surface area (Å²) in [6.45, 7) is 6.28. The van der Waals surface area contributed by atoms with Gasteiger partial charge in [-0.05, 0) is 72.9 Å². The topological polar surface area (TPSA) is 55.1 Å². The number of aryl methyl sites for hydroxylation is 1. The minimum absolute atomic E-state index is 0.218. The molecule has 30 heavy (non-hydrogen) atoms. The van der Waals surface area contributed by atoms with E-state index in [9.17, 15) is 4.79 Å². The van der Waals surface area contributed by atoms with Gasteiger partial charge in [0, 0.05) is 21.8 Å². The molecule has 0 radical (unpaired) electrons. The number of oxazole rings is 1. The second-order valence-corrected chi connectivity index (χ2v) is 7.96. The third-order valence-electron chi connectivity index (χ3n) is 5.39. The van der Waals surface area contributed by atoms with Crippen molar-refractivity contribution >= 4 is 34.3 Å². The number of aromatic nitrogens is 1. The van der Waals surface area contributed by atoms with E-state index >= 15 is 0 Å². The average molecular weight is 419 g/mol. The molecule has 4 aromatic rings. The van der Waals surface area contributed by atoms with E-state index in [1.165, 1.54) is 5.56 Å². The molecule has 1 amide bonds. The van der Waals surface area contributed by atoms with Crippen LogP contribution < -0.4 is 5.32 Å². The average Bonchev–Trinajstić information content (AvgIpc) is 3.18. The molecule has 1 aromatic heterocycles. The summed E-state index contributed by atoms with van der Waals surface area (Å²) < 4.78 is 5.95. The van der Waals surface area contributed by atoms with Crippen molar-refractivity contribution in [3.63, 3.8) is 0 Å². The Morgan fingerprint density at radius 2 is 1.97 bits per heavy atom. The molecule has 1 N–H and O–H groups in total. The molecule has 0 aliphatic rings. The predicted octanol–water partition coefficient (Wildman–Crippen LogP) is 7.22. The maximum Gasteiger partial charge on any atom is 0.255 e. The molecule has 152 valence electrons. The molecule has 0 saturated carbocycles. The molecule has 1 heterocycles. The first-order valence-corrected chi connectivity index (χ1v) is 10.4. The van der Waals surface area contributed by atoms with E-state index in [-0.39, 0.29) is 5.91 Å². The van der Waals surface area contributed by atoms with E-state index in [1.54, 1.807) is 12.1 Å². The van der Waals surface area contributed by atoms with Crippen molar-refractivity contribution in [1.29, 1.82) is 0 Å². The van der Waals surface area contributed by atoms with Crippen molar-refractivity contribution in [1.82, 2.24) is 4.98 Å². The summed E-state index contributed by atoms with van der Waals surface area (Å²) in [5.74, 6) is 0.786. The van der Waals surface area contributed by atoms with Crippen LogP contribution in [0.4, 0.5) is 5.69 Å². The lowest BCUT2D eigenvalue weighted by atomic mass is 9.98. The van der Waals surface area contributed by atoms with Gasteiger partial charge in [-0.2, -0.15) is 0 Å². The molecule has 0 aliphatic carbocycles. The van der Waals surface area contributed by atoms with Gasteiger partial charge >= 0.3 is 0 Å². The Morgan fingerprint density at radius 3 is 2.73 bits per heavy atom. The number of hydrogen-bond donors (Lipinski definition) is 1. The number of carbonyl (C=O) groups is 1. The number of nitrogens with zero attached hydrogens (tertiary/aromatic N) is 1. The maximum atomic E-state index is 12.6. The first-order chi connectivity index (χ1) is 14.4. The molecule has 4 rings (SSSR count). The molecule has 0 fully saturated rings. The Bertz CT molecular complexity index is 1230. The lowest BCUT2D eigenvalue weighted by Gasteiger charge is -2.07. The highest BCUT2D eigenvalue weighted by atomic mass is 35.5. The molecule has 0 saturated heterocycles. The normalized spacial score (nSPS) is 12.1. The fourth-order valence-corrected chi connectivity index (χ4v) is 3.46. The van der Waals surface area contributed by atoms with Gasteiger partial charge in [0.1, 0.15) is 5.52 Å². The second kappa shape index (κ2) is 8.33. The van der Waals surface area contributed by atoms with E-state index in [1.807, 2.05) is 43.3 Å². The summed E-state index contributed by atoms with van der Waals surface area (Å²) in [5, 5.41) is 3.48. The molecular formula is C25H23ClN2O2. The lowest BCUT2D eigenvalue weighted by Crippen LogP contribution is -2.11. The van der Waals surface area contributed by atoms with Crippen molar-refractivity contribution in [3.05, 3.63) is 82.4 Å². The van der Waals surface area contributed by atoms with Crippen LogP contribution in [0.25, 0.3) is 22.6 Å². The maximum absolute atomic E-state index is 12.6. The van der Waals surface area contributed by atoms with Gasteiger partial charge in [-0.1, -0.05) is 43.6 Å². The van der Waals surface area contributed by atoms with Crippen LogP contribution in [-0.4, -0.2) is 10.9 Å². The number of nitrogens with one attached hydrogen (secondary N) is 1.